The van der Waals surface area contributed by atoms with Crippen molar-refractivity contribution in [3.8, 4) is 0 Å². The van der Waals surface area contributed by atoms with E-state index in [1.165, 1.54) is 6.07 Å². The van der Waals surface area contributed by atoms with E-state index < -0.39 is 24.3 Å². The summed E-state index contributed by atoms with van der Waals surface area (Å²) < 4.78 is 73.1. The summed E-state index contributed by atoms with van der Waals surface area (Å²) in [5.74, 6) is 0. The molecule has 84 valence electrons. The summed E-state index contributed by atoms with van der Waals surface area (Å²) in [6, 6.07) is 5.25. The van der Waals surface area contributed by atoms with Crippen molar-refractivity contribution in [2.75, 3.05) is 0 Å². The summed E-state index contributed by atoms with van der Waals surface area (Å²) in [4.78, 5) is 0. The molecule has 0 spiro atoms. The van der Waals surface area contributed by atoms with Crippen LogP contribution >= 0.6 is 0 Å². The average Bonchev–Trinajstić information content (AvgIpc) is 2.00. The third-order valence-corrected chi connectivity index (χ3v) is 1.79. The monoisotopic (exact) mass is 250 g/mol. The summed E-state index contributed by atoms with van der Waals surface area (Å²) in [5.41, 5.74) is -0.794. The van der Waals surface area contributed by atoms with Crippen molar-refractivity contribution in [2.24, 2.45) is 0 Å². The van der Waals surface area contributed by atoms with Crippen LogP contribution in [0.3, 0.4) is 0 Å². The van der Waals surface area contributed by atoms with Crippen molar-refractivity contribution < 1.29 is 26.3 Å². The zero-order valence-corrected chi connectivity index (χ0v) is 7.23. The van der Waals surface area contributed by atoms with Gasteiger partial charge in [-0.3, -0.25) is 0 Å². The van der Waals surface area contributed by atoms with Gasteiger partial charge >= 0.3 is 48.4 Å². The van der Waals surface area contributed by atoms with Crippen molar-refractivity contribution in [3.63, 3.8) is 0 Å². The van der Waals surface area contributed by atoms with E-state index >= 15 is 0 Å². The van der Waals surface area contributed by atoms with Crippen molar-refractivity contribution in [1.29, 1.82) is 0 Å². The van der Waals surface area contributed by atoms with E-state index in [0.717, 1.165) is 24.3 Å². The van der Waals surface area contributed by atoms with Gasteiger partial charge in [0.15, 0.2) is 0 Å². The Morgan fingerprint density at radius 2 is 1.12 bits per heavy atom. The van der Waals surface area contributed by atoms with Crippen LogP contribution in [0.5, 0.6) is 0 Å². The first-order chi connectivity index (χ1) is 6.73. The Morgan fingerprint density at radius 1 is 0.750 bits per heavy atom. The SMILES string of the molecule is FC(F)(F)B(c1ccccc1)C(F)(F)F.[NaH]. The number of hydrogen-bond donors (Lipinski definition) is 0. The summed E-state index contributed by atoms with van der Waals surface area (Å²) in [6.07, 6.45) is -10.6. The summed E-state index contributed by atoms with van der Waals surface area (Å²) in [7, 11) is 0. The molecule has 0 aliphatic heterocycles. The Balaban J connectivity index is 0.00000225. The molecule has 0 radical (unpaired) electrons. The minimum absolute atomic E-state index is 0. The fourth-order valence-electron chi connectivity index (χ4n) is 1.21. The van der Waals surface area contributed by atoms with Crippen LogP contribution in [-0.4, -0.2) is 48.4 Å². The molecular weight excluding hydrogens is 244 g/mol. The molecule has 0 saturated carbocycles. The molecule has 0 fully saturated rings. The van der Waals surface area contributed by atoms with Gasteiger partial charge in [0.2, 0.25) is 0 Å². The van der Waals surface area contributed by atoms with Crippen LogP contribution in [0.25, 0.3) is 0 Å². The Labute approximate surface area is 110 Å². The summed E-state index contributed by atoms with van der Waals surface area (Å²) >= 11 is 0. The van der Waals surface area contributed by atoms with E-state index in [2.05, 4.69) is 0 Å². The van der Waals surface area contributed by atoms with Crippen LogP contribution in [0.15, 0.2) is 30.3 Å². The molecule has 0 bridgehead atoms. The molecule has 1 aromatic carbocycles. The first kappa shape index (κ1) is 15.9. The number of rotatable bonds is 1. The van der Waals surface area contributed by atoms with Gasteiger partial charge in [-0.15, -0.1) is 0 Å². The second kappa shape index (κ2) is 5.47. The summed E-state index contributed by atoms with van der Waals surface area (Å²) in [6.45, 7) is -3.41. The van der Waals surface area contributed by atoms with Gasteiger partial charge in [-0.25, -0.2) is 0 Å². The van der Waals surface area contributed by atoms with E-state index in [9.17, 15) is 26.3 Å². The molecule has 0 nitrogen and oxygen atoms in total. The van der Waals surface area contributed by atoms with Crippen LogP contribution in [0.2, 0.25) is 0 Å². The van der Waals surface area contributed by atoms with Gasteiger partial charge in [-0.1, -0.05) is 35.8 Å². The second-order valence-corrected chi connectivity index (χ2v) is 2.93. The molecule has 0 heterocycles. The predicted octanol–water partition coefficient (Wildman–Crippen LogP) is 1.94. The standard InChI is InChI=1S/C8H5BF6.Na.H/c10-7(11,12)9(8(13,14)15)6-4-2-1-3-5-6;;/h1-5H;;. The molecular formula is C8H6BF6Na. The molecule has 1 aromatic rings. The molecule has 0 amide bonds. The first-order valence-corrected chi connectivity index (χ1v) is 3.91. The normalized spacial score (nSPS) is 11.9. The van der Waals surface area contributed by atoms with Gasteiger partial charge in [0.25, 0.3) is 0 Å². The fourth-order valence-corrected chi connectivity index (χ4v) is 1.21. The fraction of sp³-hybridized carbons (Fsp3) is 0.250. The summed E-state index contributed by atoms with van der Waals surface area (Å²) in [5, 5.41) is 0. The third kappa shape index (κ3) is 4.03. The number of benzene rings is 1. The van der Waals surface area contributed by atoms with Crippen LogP contribution in [0.1, 0.15) is 0 Å². The van der Waals surface area contributed by atoms with E-state index in [4.69, 9.17) is 0 Å². The van der Waals surface area contributed by atoms with Crippen LogP contribution in [0, 0.1) is 0 Å². The van der Waals surface area contributed by atoms with Crippen molar-refractivity contribution >= 4 is 41.7 Å². The Kier molecular flexibility index (Phi) is 5.42. The third-order valence-electron chi connectivity index (χ3n) is 1.79. The van der Waals surface area contributed by atoms with E-state index in [1.54, 1.807) is 0 Å². The number of hydrogen-bond acceptors (Lipinski definition) is 0. The maximum absolute atomic E-state index is 12.2. The van der Waals surface area contributed by atoms with Gasteiger partial charge in [0, 0.05) is 0 Å². The molecule has 1 rings (SSSR count). The Bertz CT molecular complexity index is 306. The van der Waals surface area contributed by atoms with Gasteiger partial charge in [0.05, 0.1) is 0 Å². The van der Waals surface area contributed by atoms with Crippen LogP contribution < -0.4 is 5.46 Å². The molecule has 0 N–H and O–H groups in total. The topological polar surface area (TPSA) is 0 Å². The van der Waals surface area contributed by atoms with Gasteiger partial charge in [-0.2, -0.15) is 26.3 Å². The van der Waals surface area contributed by atoms with E-state index in [-0.39, 0.29) is 29.6 Å². The number of halogens is 6. The zero-order valence-electron chi connectivity index (χ0n) is 7.23. The zero-order chi connectivity index (χ0) is 11.7. The molecule has 0 aliphatic rings. The molecule has 0 aromatic heterocycles. The van der Waals surface area contributed by atoms with Crippen molar-refractivity contribution in [1.82, 2.24) is 0 Å². The van der Waals surface area contributed by atoms with Crippen molar-refractivity contribution in [2.45, 2.75) is 12.2 Å². The number of alkyl halides is 6. The molecule has 0 unspecified atom stereocenters. The van der Waals surface area contributed by atoms with Crippen LogP contribution in [0.4, 0.5) is 26.3 Å². The first-order valence-electron chi connectivity index (χ1n) is 3.91. The van der Waals surface area contributed by atoms with Gasteiger partial charge in [-0.05, 0) is 0 Å². The van der Waals surface area contributed by atoms with E-state index in [0.29, 0.717) is 0 Å². The quantitative estimate of drug-likeness (QED) is 0.527. The second-order valence-electron chi connectivity index (χ2n) is 2.93. The van der Waals surface area contributed by atoms with Gasteiger partial charge in [0.1, 0.15) is 0 Å². The molecule has 8 heteroatoms. The molecule has 0 atom stereocenters. The minimum atomic E-state index is -5.32. The average molecular weight is 250 g/mol. The maximum atomic E-state index is 12.2. The van der Waals surface area contributed by atoms with Gasteiger partial charge < -0.3 is 0 Å². The molecule has 16 heavy (non-hydrogen) atoms. The Morgan fingerprint density at radius 3 is 1.44 bits per heavy atom. The van der Waals surface area contributed by atoms with Crippen LogP contribution in [-0.2, 0) is 0 Å². The van der Waals surface area contributed by atoms with Crippen molar-refractivity contribution in [3.05, 3.63) is 30.3 Å². The Hall–Kier alpha value is -0.135. The van der Waals surface area contributed by atoms with E-state index in [1.807, 2.05) is 0 Å². The predicted molar refractivity (Wildman–Crippen MR) is 51.1 cm³/mol. The molecule has 0 aliphatic carbocycles. The molecule has 0 saturated heterocycles.